The standard InChI is InChI=1S/C16H25N5O/c1-4-8-21-10-14(12(2)18-21)9-20(3)11-15-17-16(22-19-15)13-6-5-7-13/h10,13H,4-9,11H2,1-3H3. The minimum absolute atomic E-state index is 0.501. The first-order valence-corrected chi connectivity index (χ1v) is 8.19. The lowest BCUT2D eigenvalue weighted by Gasteiger charge is -2.20. The van der Waals surface area contributed by atoms with E-state index in [0.29, 0.717) is 12.5 Å². The molecule has 0 N–H and O–H groups in total. The fourth-order valence-corrected chi connectivity index (χ4v) is 2.80. The molecule has 0 amide bonds. The van der Waals surface area contributed by atoms with Crippen molar-refractivity contribution in [3.8, 4) is 0 Å². The molecule has 1 aliphatic carbocycles. The van der Waals surface area contributed by atoms with Crippen molar-refractivity contribution in [3.05, 3.63) is 29.2 Å². The number of hydrogen-bond donors (Lipinski definition) is 0. The summed E-state index contributed by atoms with van der Waals surface area (Å²) in [5, 5.41) is 8.66. The first-order chi connectivity index (χ1) is 10.7. The summed E-state index contributed by atoms with van der Waals surface area (Å²) in [5.74, 6) is 2.10. The smallest absolute Gasteiger partial charge is 0.229 e. The van der Waals surface area contributed by atoms with Gasteiger partial charge < -0.3 is 4.52 Å². The summed E-state index contributed by atoms with van der Waals surface area (Å²) >= 11 is 0. The quantitative estimate of drug-likeness (QED) is 0.787. The zero-order valence-electron chi connectivity index (χ0n) is 13.7. The summed E-state index contributed by atoms with van der Waals surface area (Å²) in [6.07, 6.45) is 6.90. The molecule has 2 aromatic rings. The first-order valence-electron chi connectivity index (χ1n) is 8.19. The van der Waals surface area contributed by atoms with E-state index >= 15 is 0 Å². The lowest BCUT2D eigenvalue weighted by atomic mass is 9.85. The predicted molar refractivity (Wildman–Crippen MR) is 83.3 cm³/mol. The van der Waals surface area contributed by atoms with Crippen molar-refractivity contribution in [1.29, 1.82) is 0 Å². The van der Waals surface area contributed by atoms with Gasteiger partial charge in [-0.25, -0.2) is 0 Å². The fourth-order valence-electron chi connectivity index (χ4n) is 2.80. The minimum atomic E-state index is 0.501. The monoisotopic (exact) mass is 303 g/mol. The Morgan fingerprint density at radius 2 is 2.18 bits per heavy atom. The highest BCUT2D eigenvalue weighted by Crippen LogP contribution is 2.35. The van der Waals surface area contributed by atoms with Crippen LogP contribution in [0.25, 0.3) is 0 Å². The predicted octanol–water partition coefficient (Wildman–Crippen LogP) is 2.88. The molecule has 0 aromatic carbocycles. The lowest BCUT2D eigenvalue weighted by molar-refractivity contribution is 0.281. The van der Waals surface area contributed by atoms with Crippen molar-refractivity contribution in [2.45, 2.75) is 65.1 Å². The van der Waals surface area contributed by atoms with Crippen LogP contribution >= 0.6 is 0 Å². The van der Waals surface area contributed by atoms with Gasteiger partial charge >= 0.3 is 0 Å². The number of aryl methyl sites for hydroxylation is 2. The van der Waals surface area contributed by atoms with Crippen LogP contribution < -0.4 is 0 Å². The molecule has 22 heavy (non-hydrogen) atoms. The summed E-state index contributed by atoms with van der Waals surface area (Å²) < 4.78 is 7.40. The molecule has 1 aliphatic rings. The maximum Gasteiger partial charge on any atom is 0.229 e. The number of nitrogens with zero attached hydrogens (tertiary/aromatic N) is 5. The molecule has 0 bridgehead atoms. The van der Waals surface area contributed by atoms with Crippen molar-refractivity contribution >= 4 is 0 Å². The van der Waals surface area contributed by atoms with Crippen molar-refractivity contribution in [2.75, 3.05) is 7.05 Å². The Labute approximate surface area is 131 Å². The Bertz CT molecular complexity index is 614. The molecule has 0 saturated heterocycles. The molecule has 0 radical (unpaired) electrons. The molecular formula is C16H25N5O. The molecule has 6 heteroatoms. The van der Waals surface area contributed by atoms with Crippen molar-refractivity contribution in [1.82, 2.24) is 24.8 Å². The highest BCUT2D eigenvalue weighted by Gasteiger charge is 2.25. The van der Waals surface area contributed by atoms with Crippen molar-refractivity contribution in [3.63, 3.8) is 0 Å². The summed E-state index contributed by atoms with van der Waals surface area (Å²) in [4.78, 5) is 6.73. The van der Waals surface area contributed by atoms with Gasteiger partial charge in [0.05, 0.1) is 12.2 Å². The second-order valence-corrected chi connectivity index (χ2v) is 6.35. The normalized spacial score (nSPS) is 15.5. The highest BCUT2D eigenvalue weighted by molar-refractivity contribution is 5.15. The Balaban J connectivity index is 1.57. The van der Waals surface area contributed by atoms with Gasteiger partial charge in [0.15, 0.2) is 5.82 Å². The van der Waals surface area contributed by atoms with E-state index in [-0.39, 0.29) is 0 Å². The molecule has 1 fully saturated rings. The van der Waals surface area contributed by atoms with E-state index in [1.165, 1.54) is 24.8 Å². The van der Waals surface area contributed by atoms with Gasteiger partial charge in [0.25, 0.3) is 0 Å². The third kappa shape index (κ3) is 3.38. The summed E-state index contributed by atoms with van der Waals surface area (Å²) in [6.45, 7) is 6.76. The molecule has 0 aliphatic heterocycles. The van der Waals surface area contributed by atoms with E-state index in [4.69, 9.17) is 4.52 Å². The molecule has 0 atom stereocenters. The maximum atomic E-state index is 5.38. The molecule has 120 valence electrons. The molecule has 0 unspecified atom stereocenters. The second-order valence-electron chi connectivity index (χ2n) is 6.35. The van der Waals surface area contributed by atoms with E-state index in [1.807, 2.05) is 4.68 Å². The van der Waals surface area contributed by atoms with Crippen LogP contribution in [0.1, 0.15) is 61.5 Å². The van der Waals surface area contributed by atoms with Crippen LogP contribution in [0.15, 0.2) is 10.7 Å². The van der Waals surface area contributed by atoms with Gasteiger partial charge in [-0.3, -0.25) is 9.58 Å². The van der Waals surface area contributed by atoms with Gasteiger partial charge in [-0.1, -0.05) is 18.5 Å². The summed E-state index contributed by atoms with van der Waals surface area (Å²) in [5.41, 5.74) is 2.36. The van der Waals surface area contributed by atoms with Crippen LogP contribution in [0.5, 0.6) is 0 Å². The Morgan fingerprint density at radius 1 is 1.36 bits per heavy atom. The molecule has 3 rings (SSSR count). The van der Waals surface area contributed by atoms with E-state index < -0.39 is 0 Å². The largest absolute Gasteiger partial charge is 0.339 e. The van der Waals surface area contributed by atoms with E-state index in [9.17, 15) is 0 Å². The zero-order valence-corrected chi connectivity index (χ0v) is 13.7. The molecule has 0 spiro atoms. The minimum Gasteiger partial charge on any atom is -0.339 e. The van der Waals surface area contributed by atoms with Crippen LogP contribution in [-0.2, 0) is 19.6 Å². The Hall–Kier alpha value is -1.69. The average molecular weight is 303 g/mol. The maximum absolute atomic E-state index is 5.38. The number of hydrogen-bond acceptors (Lipinski definition) is 5. The third-order valence-corrected chi connectivity index (χ3v) is 4.29. The number of rotatable bonds is 7. The molecule has 2 aromatic heterocycles. The highest BCUT2D eigenvalue weighted by atomic mass is 16.5. The van der Waals surface area contributed by atoms with E-state index in [1.54, 1.807) is 0 Å². The SMILES string of the molecule is CCCn1cc(CN(C)Cc2noc(C3CCC3)n2)c(C)n1. The van der Waals surface area contributed by atoms with Crippen molar-refractivity contribution in [2.24, 2.45) is 0 Å². The second kappa shape index (κ2) is 6.60. The first kappa shape index (κ1) is 15.2. The van der Waals surface area contributed by atoms with Crippen LogP contribution in [0, 0.1) is 6.92 Å². The van der Waals surface area contributed by atoms with Gasteiger partial charge in [-0.2, -0.15) is 10.1 Å². The van der Waals surface area contributed by atoms with Crippen LogP contribution in [-0.4, -0.2) is 31.9 Å². The Kier molecular flexibility index (Phi) is 4.57. The average Bonchev–Trinajstić information content (AvgIpc) is 2.96. The van der Waals surface area contributed by atoms with Crippen LogP contribution in [0.3, 0.4) is 0 Å². The van der Waals surface area contributed by atoms with Gasteiger partial charge in [0, 0.05) is 30.8 Å². The topological polar surface area (TPSA) is 60.0 Å². The molecule has 6 nitrogen and oxygen atoms in total. The van der Waals surface area contributed by atoms with Gasteiger partial charge in [-0.05, 0) is 33.2 Å². The van der Waals surface area contributed by atoms with Gasteiger partial charge in [0.1, 0.15) is 0 Å². The summed E-state index contributed by atoms with van der Waals surface area (Å²) in [7, 11) is 2.08. The van der Waals surface area contributed by atoms with Gasteiger partial charge in [-0.15, -0.1) is 0 Å². The van der Waals surface area contributed by atoms with E-state index in [2.05, 4.69) is 47.2 Å². The molecule has 1 saturated carbocycles. The summed E-state index contributed by atoms with van der Waals surface area (Å²) in [6, 6.07) is 0. The zero-order chi connectivity index (χ0) is 15.5. The Morgan fingerprint density at radius 3 is 2.86 bits per heavy atom. The van der Waals surface area contributed by atoms with Crippen LogP contribution in [0.2, 0.25) is 0 Å². The van der Waals surface area contributed by atoms with Gasteiger partial charge in [0.2, 0.25) is 5.89 Å². The fraction of sp³-hybridized carbons (Fsp3) is 0.688. The molecule has 2 heterocycles. The lowest BCUT2D eigenvalue weighted by Crippen LogP contribution is -2.18. The third-order valence-electron chi connectivity index (χ3n) is 4.29. The van der Waals surface area contributed by atoms with E-state index in [0.717, 1.165) is 36.9 Å². The number of aromatic nitrogens is 4. The van der Waals surface area contributed by atoms with Crippen LogP contribution in [0.4, 0.5) is 0 Å². The van der Waals surface area contributed by atoms with Crippen molar-refractivity contribution < 1.29 is 4.52 Å². The molecular weight excluding hydrogens is 278 g/mol.